The first-order valence-corrected chi connectivity index (χ1v) is 10.8. The summed E-state index contributed by atoms with van der Waals surface area (Å²) < 4.78 is 0. The topological polar surface area (TPSA) is 62.3 Å². The molecule has 2 fully saturated rings. The minimum atomic E-state index is -0.427. The molecule has 1 aromatic heterocycles. The molecule has 2 aliphatic rings. The fraction of sp³-hybridized carbons (Fsp3) is 0.706. The number of rotatable bonds is 6. The number of hydrogen-bond donors (Lipinski definition) is 1. The van der Waals surface area contributed by atoms with E-state index in [1.165, 1.54) is 0 Å². The second-order valence-electron chi connectivity index (χ2n) is 6.76. The van der Waals surface area contributed by atoms with Crippen molar-refractivity contribution in [3.8, 4) is 0 Å². The van der Waals surface area contributed by atoms with Crippen LogP contribution >= 0.6 is 23.1 Å². The Morgan fingerprint density at radius 2 is 2.29 bits per heavy atom. The third-order valence-electron chi connectivity index (χ3n) is 5.45. The van der Waals surface area contributed by atoms with Gasteiger partial charge < -0.3 is 10.2 Å². The van der Waals surface area contributed by atoms with Gasteiger partial charge in [-0.2, -0.15) is 11.8 Å². The number of thiazole rings is 1. The highest BCUT2D eigenvalue weighted by Gasteiger charge is 2.59. The normalized spacial score (nSPS) is 28.4. The van der Waals surface area contributed by atoms with Gasteiger partial charge in [-0.05, 0) is 38.9 Å². The van der Waals surface area contributed by atoms with Crippen molar-refractivity contribution in [3.63, 3.8) is 0 Å². The monoisotopic (exact) mass is 367 g/mol. The lowest BCUT2D eigenvalue weighted by molar-refractivity contribution is -0.135. The second-order valence-corrected chi connectivity index (χ2v) is 8.57. The van der Waals surface area contributed by atoms with Gasteiger partial charge in [-0.3, -0.25) is 9.59 Å². The van der Waals surface area contributed by atoms with Crippen LogP contribution in [0.5, 0.6) is 0 Å². The number of nitrogens with zero attached hydrogens (tertiary/aromatic N) is 2. The molecule has 0 spiro atoms. The van der Waals surface area contributed by atoms with Gasteiger partial charge in [0.25, 0.3) is 0 Å². The van der Waals surface area contributed by atoms with E-state index in [0.29, 0.717) is 12.3 Å². The summed E-state index contributed by atoms with van der Waals surface area (Å²) in [4.78, 5) is 31.9. The Hall–Kier alpha value is -1.08. The highest BCUT2D eigenvalue weighted by atomic mass is 32.2. The van der Waals surface area contributed by atoms with Gasteiger partial charge in [0, 0.05) is 23.2 Å². The predicted octanol–water partition coefficient (Wildman–Crippen LogP) is 2.59. The van der Waals surface area contributed by atoms with E-state index in [1.807, 2.05) is 23.5 Å². The van der Waals surface area contributed by atoms with E-state index >= 15 is 0 Å². The standard InChI is InChI=1S/C17H25N3O2S2/c1-4-17(16(22)18-8-14-19-11(2)9-24-14)7-12-5-6-13(17)20(12)15(21)10-23-3/h9,12-13H,4-8,10H2,1-3H3,(H,18,22)/t12-,13+,17+/m0/s1. The molecule has 0 aliphatic carbocycles. The van der Waals surface area contributed by atoms with Gasteiger partial charge >= 0.3 is 0 Å². The summed E-state index contributed by atoms with van der Waals surface area (Å²) in [5.41, 5.74) is 0.562. The fourth-order valence-corrected chi connectivity index (χ4v) is 5.47. The van der Waals surface area contributed by atoms with Crippen LogP contribution in [0.4, 0.5) is 0 Å². The number of fused-ring (bicyclic) bond motifs is 2. The number of carbonyl (C=O) groups excluding carboxylic acids is 2. The van der Waals surface area contributed by atoms with Crippen LogP contribution in [0.15, 0.2) is 5.38 Å². The van der Waals surface area contributed by atoms with Gasteiger partial charge in [-0.25, -0.2) is 4.98 Å². The summed E-state index contributed by atoms with van der Waals surface area (Å²) in [6, 6.07) is 0.299. The van der Waals surface area contributed by atoms with E-state index in [9.17, 15) is 9.59 Å². The van der Waals surface area contributed by atoms with Crippen molar-refractivity contribution in [2.75, 3.05) is 12.0 Å². The molecule has 7 heteroatoms. The minimum Gasteiger partial charge on any atom is -0.349 e. The molecule has 0 aromatic carbocycles. The molecule has 3 heterocycles. The number of carbonyl (C=O) groups is 2. The van der Waals surface area contributed by atoms with Crippen molar-refractivity contribution < 1.29 is 9.59 Å². The van der Waals surface area contributed by atoms with Crippen LogP contribution in [-0.2, 0) is 16.1 Å². The number of aromatic nitrogens is 1. The summed E-state index contributed by atoms with van der Waals surface area (Å²) in [5.74, 6) is 0.785. The molecule has 24 heavy (non-hydrogen) atoms. The van der Waals surface area contributed by atoms with Crippen LogP contribution in [0.1, 0.15) is 43.3 Å². The first kappa shape index (κ1) is 17.7. The Morgan fingerprint density at radius 3 is 2.92 bits per heavy atom. The maximum absolute atomic E-state index is 13.0. The molecule has 5 nitrogen and oxygen atoms in total. The lowest BCUT2D eigenvalue weighted by atomic mass is 9.71. The molecule has 132 valence electrons. The second kappa shape index (κ2) is 7.04. The quantitative estimate of drug-likeness (QED) is 0.839. The molecule has 2 amide bonds. The summed E-state index contributed by atoms with van der Waals surface area (Å²) in [6.07, 6.45) is 5.51. The molecule has 3 atom stereocenters. The van der Waals surface area contributed by atoms with Crippen LogP contribution in [0.2, 0.25) is 0 Å². The molecule has 0 saturated carbocycles. The van der Waals surface area contributed by atoms with Gasteiger partial charge in [0.2, 0.25) is 11.8 Å². The largest absolute Gasteiger partial charge is 0.349 e. The van der Waals surface area contributed by atoms with Gasteiger partial charge in [-0.15, -0.1) is 11.3 Å². The van der Waals surface area contributed by atoms with Crippen LogP contribution in [0.25, 0.3) is 0 Å². The SMILES string of the molecule is CC[C@@]1(C(=O)NCc2nc(C)cs2)C[C@@H]2CC[C@H]1N2C(=O)CSC. The van der Waals surface area contributed by atoms with E-state index in [2.05, 4.69) is 17.2 Å². The maximum atomic E-state index is 13.0. The molecule has 0 unspecified atom stereocenters. The fourth-order valence-electron chi connectivity index (χ4n) is 4.36. The highest BCUT2D eigenvalue weighted by molar-refractivity contribution is 7.99. The zero-order valence-electron chi connectivity index (χ0n) is 14.5. The zero-order chi connectivity index (χ0) is 17.3. The zero-order valence-corrected chi connectivity index (χ0v) is 16.1. The lowest BCUT2D eigenvalue weighted by Gasteiger charge is -2.35. The first-order valence-electron chi connectivity index (χ1n) is 8.51. The Bertz CT molecular complexity index is 633. The molecule has 2 aliphatic heterocycles. The van der Waals surface area contributed by atoms with Gasteiger partial charge in [-0.1, -0.05) is 6.92 Å². The van der Waals surface area contributed by atoms with Crippen molar-refractivity contribution in [1.29, 1.82) is 0 Å². The molecule has 0 radical (unpaired) electrons. The van der Waals surface area contributed by atoms with E-state index in [0.717, 1.165) is 36.4 Å². The maximum Gasteiger partial charge on any atom is 0.233 e. The van der Waals surface area contributed by atoms with E-state index < -0.39 is 5.41 Å². The minimum absolute atomic E-state index is 0.0604. The van der Waals surface area contributed by atoms with Crippen molar-refractivity contribution in [1.82, 2.24) is 15.2 Å². The molecule has 2 saturated heterocycles. The van der Waals surface area contributed by atoms with E-state index in [-0.39, 0.29) is 23.9 Å². The highest BCUT2D eigenvalue weighted by Crippen LogP contribution is 2.52. The van der Waals surface area contributed by atoms with Gasteiger partial charge in [0.15, 0.2) is 0 Å². The number of amides is 2. The lowest BCUT2D eigenvalue weighted by Crippen LogP contribution is -2.49. The Labute approximate surface area is 151 Å². The molecule has 1 N–H and O–H groups in total. The molecular weight excluding hydrogens is 342 g/mol. The van der Waals surface area contributed by atoms with Crippen molar-refractivity contribution in [2.45, 2.75) is 58.2 Å². The molecule has 3 rings (SSSR count). The van der Waals surface area contributed by atoms with E-state index in [1.54, 1.807) is 23.1 Å². The van der Waals surface area contributed by atoms with Crippen LogP contribution in [-0.4, -0.2) is 45.8 Å². The number of hydrogen-bond acceptors (Lipinski definition) is 5. The average Bonchev–Trinajstić information content (AvgIpc) is 3.25. The Morgan fingerprint density at radius 1 is 1.50 bits per heavy atom. The summed E-state index contributed by atoms with van der Waals surface area (Å²) in [5, 5.41) is 6.02. The third-order valence-corrected chi connectivity index (χ3v) is 6.95. The Balaban J connectivity index is 1.72. The third kappa shape index (κ3) is 2.96. The summed E-state index contributed by atoms with van der Waals surface area (Å²) in [7, 11) is 0. The van der Waals surface area contributed by atoms with E-state index in [4.69, 9.17) is 0 Å². The van der Waals surface area contributed by atoms with Crippen molar-refractivity contribution in [3.05, 3.63) is 16.1 Å². The van der Waals surface area contributed by atoms with Gasteiger partial charge in [0.1, 0.15) is 5.01 Å². The average molecular weight is 368 g/mol. The number of aryl methyl sites for hydroxylation is 1. The van der Waals surface area contributed by atoms with Crippen LogP contribution in [0.3, 0.4) is 0 Å². The van der Waals surface area contributed by atoms with Crippen LogP contribution < -0.4 is 5.32 Å². The summed E-state index contributed by atoms with van der Waals surface area (Å²) in [6.45, 7) is 4.51. The van der Waals surface area contributed by atoms with Crippen molar-refractivity contribution >= 4 is 34.9 Å². The first-order chi connectivity index (χ1) is 11.5. The number of nitrogens with one attached hydrogen (secondary N) is 1. The summed E-state index contributed by atoms with van der Waals surface area (Å²) >= 11 is 3.13. The molecule has 2 bridgehead atoms. The number of thioether (sulfide) groups is 1. The van der Waals surface area contributed by atoms with Crippen LogP contribution in [0, 0.1) is 12.3 Å². The van der Waals surface area contributed by atoms with Gasteiger partial charge in [0.05, 0.1) is 17.7 Å². The predicted molar refractivity (Wildman–Crippen MR) is 98.1 cm³/mol. The molecule has 1 aromatic rings. The van der Waals surface area contributed by atoms with Crippen molar-refractivity contribution in [2.24, 2.45) is 5.41 Å². The smallest absolute Gasteiger partial charge is 0.233 e. The molecular formula is C17H25N3O2S2. The Kier molecular flexibility index (Phi) is 5.20.